The Kier molecular flexibility index (Phi) is 5.56. The molecule has 0 saturated carbocycles. The molecule has 0 fully saturated rings. The molecule has 0 amide bonds. The Morgan fingerprint density at radius 3 is 2.24 bits per heavy atom. The molecule has 0 radical (unpaired) electrons. The molecule has 0 N–H and O–H groups in total. The van der Waals surface area contributed by atoms with Gasteiger partial charge in [-0.3, -0.25) is 4.79 Å². The minimum absolute atomic E-state index is 0.0433. The summed E-state index contributed by atoms with van der Waals surface area (Å²) in [5.41, 5.74) is 1.00. The third-order valence-corrected chi connectivity index (χ3v) is 3.03. The number of hydrogen-bond donors (Lipinski definition) is 0. The summed E-state index contributed by atoms with van der Waals surface area (Å²) in [7, 11) is 0. The molecule has 0 aliphatic heterocycles. The molecule has 3 heteroatoms. The smallest absolute Gasteiger partial charge is 0.310 e. The van der Waals surface area contributed by atoms with E-state index in [1.54, 1.807) is 0 Å². The van der Waals surface area contributed by atoms with Crippen molar-refractivity contribution in [1.29, 1.82) is 0 Å². The normalized spacial score (nSPS) is 10.9. The van der Waals surface area contributed by atoms with Gasteiger partial charge in [0.1, 0.15) is 0 Å². The highest BCUT2D eigenvalue weighted by Crippen LogP contribution is 2.23. The number of benzene rings is 1. The molecule has 0 atom stereocenters. The number of ether oxygens (including phenoxy) is 1. The summed E-state index contributed by atoms with van der Waals surface area (Å²) in [6.07, 6.45) is 0.309. The molecular weight excluding hydrogens is 232 g/mol. The maximum absolute atomic E-state index is 11.5. The minimum atomic E-state index is -0.163. The van der Waals surface area contributed by atoms with E-state index in [1.165, 1.54) is 4.90 Å². The molecule has 1 aromatic carbocycles. The van der Waals surface area contributed by atoms with Gasteiger partial charge in [-0.25, -0.2) is 0 Å². The van der Waals surface area contributed by atoms with Gasteiger partial charge in [-0.2, -0.15) is 0 Å². The molecule has 1 aromatic rings. The van der Waals surface area contributed by atoms with Crippen LogP contribution in [0.15, 0.2) is 29.2 Å². The van der Waals surface area contributed by atoms with E-state index >= 15 is 0 Å². The van der Waals surface area contributed by atoms with Crippen molar-refractivity contribution in [3.63, 3.8) is 0 Å². The van der Waals surface area contributed by atoms with Crippen molar-refractivity contribution in [3.8, 4) is 0 Å². The van der Waals surface area contributed by atoms with Gasteiger partial charge in [0, 0.05) is 10.1 Å². The highest BCUT2D eigenvalue weighted by Gasteiger charge is 2.07. The second kappa shape index (κ2) is 6.70. The Morgan fingerprint density at radius 2 is 1.76 bits per heavy atom. The number of rotatable bonds is 5. The molecule has 2 nitrogen and oxygen atoms in total. The SMILES string of the molecule is CC(C)OC(=O)Cc1ccc(SC(C)C)cc1. The van der Waals surface area contributed by atoms with Crippen LogP contribution in [0.2, 0.25) is 0 Å². The predicted octanol–water partition coefficient (Wildman–Crippen LogP) is 3.68. The Morgan fingerprint density at radius 1 is 1.18 bits per heavy atom. The summed E-state index contributed by atoms with van der Waals surface area (Å²) in [5.74, 6) is -0.163. The van der Waals surface area contributed by atoms with Crippen molar-refractivity contribution in [2.45, 2.75) is 50.4 Å². The van der Waals surface area contributed by atoms with Crippen LogP contribution in [0.5, 0.6) is 0 Å². The molecule has 0 heterocycles. The lowest BCUT2D eigenvalue weighted by Crippen LogP contribution is -2.13. The Hall–Kier alpha value is -0.960. The summed E-state index contributed by atoms with van der Waals surface area (Å²) in [6.45, 7) is 8.05. The van der Waals surface area contributed by atoms with Crippen LogP contribution in [0, 0.1) is 0 Å². The Balaban J connectivity index is 2.53. The first-order valence-corrected chi connectivity index (χ1v) is 6.80. The van der Waals surface area contributed by atoms with E-state index in [2.05, 4.69) is 26.0 Å². The molecule has 94 valence electrons. The van der Waals surface area contributed by atoms with Crippen molar-refractivity contribution in [3.05, 3.63) is 29.8 Å². The van der Waals surface area contributed by atoms with Crippen molar-refractivity contribution in [2.24, 2.45) is 0 Å². The van der Waals surface area contributed by atoms with Crippen LogP contribution < -0.4 is 0 Å². The molecule has 0 spiro atoms. The van der Waals surface area contributed by atoms with Gasteiger partial charge in [0.25, 0.3) is 0 Å². The van der Waals surface area contributed by atoms with E-state index in [-0.39, 0.29) is 12.1 Å². The molecule has 0 saturated heterocycles. The van der Waals surface area contributed by atoms with Gasteiger partial charge in [-0.05, 0) is 31.5 Å². The summed E-state index contributed by atoms with van der Waals surface area (Å²) < 4.78 is 5.10. The van der Waals surface area contributed by atoms with Gasteiger partial charge >= 0.3 is 5.97 Å². The molecule has 0 unspecified atom stereocenters. The van der Waals surface area contributed by atoms with Crippen LogP contribution in [0.3, 0.4) is 0 Å². The standard InChI is InChI=1S/C14H20O2S/c1-10(2)16-14(15)9-12-5-7-13(8-6-12)17-11(3)4/h5-8,10-11H,9H2,1-4H3. The van der Waals surface area contributed by atoms with Crippen LogP contribution in [-0.4, -0.2) is 17.3 Å². The lowest BCUT2D eigenvalue weighted by Gasteiger charge is -2.08. The average molecular weight is 252 g/mol. The zero-order valence-electron chi connectivity index (χ0n) is 10.9. The van der Waals surface area contributed by atoms with Crippen LogP contribution in [0.4, 0.5) is 0 Å². The zero-order chi connectivity index (χ0) is 12.8. The Labute approximate surface area is 108 Å². The van der Waals surface area contributed by atoms with Crippen LogP contribution in [-0.2, 0) is 16.0 Å². The van der Waals surface area contributed by atoms with Crippen LogP contribution in [0.1, 0.15) is 33.3 Å². The summed E-state index contributed by atoms with van der Waals surface area (Å²) in [5, 5.41) is 0.576. The molecule has 0 bridgehead atoms. The third kappa shape index (κ3) is 5.78. The highest BCUT2D eigenvalue weighted by atomic mass is 32.2. The van der Waals surface area contributed by atoms with Gasteiger partial charge in [0.15, 0.2) is 0 Å². The lowest BCUT2D eigenvalue weighted by atomic mass is 10.1. The van der Waals surface area contributed by atoms with Crippen LogP contribution >= 0.6 is 11.8 Å². The summed E-state index contributed by atoms with van der Waals surface area (Å²) in [4.78, 5) is 12.7. The molecular formula is C14H20O2S. The maximum atomic E-state index is 11.5. The minimum Gasteiger partial charge on any atom is -0.463 e. The van der Waals surface area contributed by atoms with Crippen molar-refractivity contribution < 1.29 is 9.53 Å². The lowest BCUT2D eigenvalue weighted by molar-refractivity contribution is -0.146. The molecule has 0 aliphatic carbocycles. The van der Waals surface area contributed by atoms with E-state index in [0.717, 1.165) is 5.56 Å². The fraction of sp³-hybridized carbons (Fsp3) is 0.500. The van der Waals surface area contributed by atoms with Crippen molar-refractivity contribution in [1.82, 2.24) is 0 Å². The molecule has 17 heavy (non-hydrogen) atoms. The first kappa shape index (κ1) is 14.1. The monoisotopic (exact) mass is 252 g/mol. The predicted molar refractivity (Wildman–Crippen MR) is 72.4 cm³/mol. The third-order valence-electron chi connectivity index (χ3n) is 2.01. The summed E-state index contributed by atoms with van der Waals surface area (Å²) in [6, 6.07) is 8.10. The number of hydrogen-bond acceptors (Lipinski definition) is 3. The zero-order valence-corrected chi connectivity index (χ0v) is 11.7. The topological polar surface area (TPSA) is 26.3 Å². The van der Waals surface area contributed by atoms with Gasteiger partial charge in [-0.1, -0.05) is 26.0 Å². The first-order chi connectivity index (χ1) is 7.97. The number of esters is 1. The summed E-state index contributed by atoms with van der Waals surface area (Å²) >= 11 is 1.82. The van der Waals surface area contributed by atoms with Gasteiger partial charge in [0.2, 0.25) is 0 Å². The van der Waals surface area contributed by atoms with E-state index in [1.807, 2.05) is 37.7 Å². The van der Waals surface area contributed by atoms with Crippen LogP contribution in [0.25, 0.3) is 0 Å². The van der Waals surface area contributed by atoms with E-state index in [9.17, 15) is 4.79 Å². The second-order valence-corrected chi connectivity index (χ2v) is 6.18. The van der Waals surface area contributed by atoms with Crippen molar-refractivity contribution in [2.75, 3.05) is 0 Å². The quantitative estimate of drug-likeness (QED) is 0.590. The molecule has 0 aromatic heterocycles. The van der Waals surface area contributed by atoms with Gasteiger partial charge < -0.3 is 4.74 Å². The average Bonchev–Trinajstić information content (AvgIpc) is 2.18. The van der Waals surface area contributed by atoms with E-state index < -0.39 is 0 Å². The van der Waals surface area contributed by atoms with E-state index in [4.69, 9.17) is 4.74 Å². The number of thioether (sulfide) groups is 1. The highest BCUT2D eigenvalue weighted by molar-refractivity contribution is 7.99. The first-order valence-electron chi connectivity index (χ1n) is 5.92. The van der Waals surface area contributed by atoms with Gasteiger partial charge in [-0.15, -0.1) is 11.8 Å². The largest absolute Gasteiger partial charge is 0.463 e. The fourth-order valence-corrected chi connectivity index (χ4v) is 2.27. The fourth-order valence-electron chi connectivity index (χ4n) is 1.43. The Bertz CT molecular complexity index is 355. The van der Waals surface area contributed by atoms with Crippen molar-refractivity contribution >= 4 is 17.7 Å². The van der Waals surface area contributed by atoms with Gasteiger partial charge in [0.05, 0.1) is 12.5 Å². The van der Waals surface area contributed by atoms with E-state index in [0.29, 0.717) is 11.7 Å². The molecule has 0 aliphatic rings. The molecule has 1 rings (SSSR count). The second-order valence-electron chi connectivity index (χ2n) is 4.53. The number of carbonyl (C=O) groups excluding carboxylic acids is 1. The maximum Gasteiger partial charge on any atom is 0.310 e. The number of carbonyl (C=O) groups is 1.